The van der Waals surface area contributed by atoms with Gasteiger partial charge in [0.1, 0.15) is 0 Å². The molecule has 94 valence electrons. The molecule has 1 amide bonds. The first-order valence-electron chi connectivity index (χ1n) is 6.43. The standard InChI is InChI=1S/C13H26N2O/c1-5-13(3,4)15-12(16)10-7-6-9(2)11(14)8-10/h9-11H,5-8,14H2,1-4H3,(H,15,16). The third-order valence-electron chi connectivity index (χ3n) is 3.97. The molecule has 0 bridgehead atoms. The quantitative estimate of drug-likeness (QED) is 0.774. The number of nitrogens with one attached hydrogen (secondary N) is 1. The Labute approximate surface area is 99.2 Å². The number of nitrogens with two attached hydrogens (primary N) is 1. The molecular formula is C13H26N2O. The maximum absolute atomic E-state index is 12.1. The summed E-state index contributed by atoms with van der Waals surface area (Å²) in [7, 11) is 0. The van der Waals surface area contributed by atoms with E-state index in [9.17, 15) is 4.79 Å². The maximum Gasteiger partial charge on any atom is 0.223 e. The molecule has 0 aromatic heterocycles. The highest BCUT2D eigenvalue weighted by Crippen LogP contribution is 2.28. The number of hydrogen-bond donors (Lipinski definition) is 2. The second-order valence-electron chi connectivity index (χ2n) is 5.88. The zero-order chi connectivity index (χ0) is 12.3. The van der Waals surface area contributed by atoms with Crippen molar-refractivity contribution in [2.75, 3.05) is 0 Å². The lowest BCUT2D eigenvalue weighted by atomic mass is 9.79. The van der Waals surface area contributed by atoms with Gasteiger partial charge in [0.15, 0.2) is 0 Å². The third kappa shape index (κ3) is 3.48. The molecule has 3 heteroatoms. The fourth-order valence-corrected chi connectivity index (χ4v) is 2.12. The van der Waals surface area contributed by atoms with Crippen LogP contribution in [0.5, 0.6) is 0 Å². The maximum atomic E-state index is 12.1. The van der Waals surface area contributed by atoms with Gasteiger partial charge in [-0.15, -0.1) is 0 Å². The number of carbonyl (C=O) groups excluding carboxylic acids is 1. The molecule has 0 aromatic carbocycles. The van der Waals surface area contributed by atoms with E-state index in [1.165, 1.54) is 0 Å². The lowest BCUT2D eigenvalue weighted by Crippen LogP contribution is -2.48. The van der Waals surface area contributed by atoms with Gasteiger partial charge in [0.05, 0.1) is 0 Å². The zero-order valence-corrected chi connectivity index (χ0v) is 11.0. The van der Waals surface area contributed by atoms with Gasteiger partial charge in [0.25, 0.3) is 0 Å². The number of amides is 1. The topological polar surface area (TPSA) is 55.1 Å². The first-order valence-corrected chi connectivity index (χ1v) is 6.43. The SMILES string of the molecule is CCC(C)(C)NC(=O)C1CCC(C)C(N)C1. The highest BCUT2D eigenvalue weighted by molar-refractivity contribution is 5.79. The molecule has 3 atom stereocenters. The number of carbonyl (C=O) groups is 1. The van der Waals surface area contributed by atoms with Crippen LogP contribution in [0.3, 0.4) is 0 Å². The van der Waals surface area contributed by atoms with Gasteiger partial charge in [0, 0.05) is 17.5 Å². The molecule has 0 radical (unpaired) electrons. The van der Waals surface area contributed by atoms with Crippen molar-refractivity contribution < 1.29 is 4.79 Å². The van der Waals surface area contributed by atoms with Crippen molar-refractivity contribution in [3.8, 4) is 0 Å². The van der Waals surface area contributed by atoms with Crippen LogP contribution < -0.4 is 11.1 Å². The van der Waals surface area contributed by atoms with Gasteiger partial charge < -0.3 is 11.1 Å². The summed E-state index contributed by atoms with van der Waals surface area (Å²) in [5, 5.41) is 3.12. The molecule has 0 saturated heterocycles. The largest absolute Gasteiger partial charge is 0.351 e. The second kappa shape index (κ2) is 5.17. The van der Waals surface area contributed by atoms with Crippen LogP contribution in [-0.2, 0) is 4.79 Å². The van der Waals surface area contributed by atoms with E-state index in [1.54, 1.807) is 0 Å². The fourth-order valence-electron chi connectivity index (χ4n) is 2.12. The third-order valence-corrected chi connectivity index (χ3v) is 3.97. The van der Waals surface area contributed by atoms with Gasteiger partial charge in [-0.3, -0.25) is 4.79 Å². The van der Waals surface area contributed by atoms with E-state index in [-0.39, 0.29) is 23.4 Å². The minimum Gasteiger partial charge on any atom is -0.351 e. The Bertz CT molecular complexity index is 250. The Morgan fingerprint density at radius 2 is 2.06 bits per heavy atom. The molecule has 1 fully saturated rings. The Morgan fingerprint density at radius 1 is 1.44 bits per heavy atom. The van der Waals surface area contributed by atoms with Gasteiger partial charge >= 0.3 is 0 Å². The first-order chi connectivity index (χ1) is 7.35. The van der Waals surface area contributed by atoms with Crippen LogP contribution >= 0.6 is 0 Å². The minimum atomic E-state index is -0.0930. The van der Waals surface area contributed by atoms with Gasteiger partial charge in [-0.25, -0.2) is 0 Å². The van der Waals surface area contributed by atoms with Gasteiger partial charge in [0.2, 0.25) is 5.91 Å². The summed E-state index contributed by atoms with van der Waals surface area (Å²) >= 11 is 0. The average Bonchev–Trinajstić information content (AvgIpc) is 2.21. The Morgan fingerprint density at radius 3 is 2.56 bits per heavy atom. The van der Waals surface area contributed by atoms with Crippen molar-refractivity contribution in [1.29, 1.82) is 0 Å². The van der Waals surface area contributed by atoms with Crippen molar-refractivity contribution in [3.05, 3.63) is 0 Å². The number of rotatable bonds is 3. The van der Waals surface area contributed by atoms with Crippen LogP contribution in [0.4, 0.5) is 0 Å². The molecule has 3 unspecified atom stereocenters. The van der Waals surface area contributed by atoms with Crippen LogP contribution in [0.2, 0.25) is 0 Å². The van der Waals surface area contributed by atoms with E-state index in [1.807, 2.05) is 0 Å². The lowest BCUT2D eigenvalue weighted by molar-refractivity contribution is -0.128. The van der Waals surface area contributed by atoms with E-state index >= 15 is 0 Å². The van der Waals surface area contributed by atoms with E-state index in [2.05, 4.69) is 33.0 Å². The summed E-state index contributed by atoms with van der Waals surface area (Å²) in [4.78, 5) is 12.1. The normalized spacial score (nSPS) is 31.2. The molecule has 0 spiro atoms. The van der Waals surface area contributed by atoms with Crippen molar-refractivity contribution in [1.82, 2.24) is 5.32 Å². The van der Waals surface area contributed by atoms with Crippen LogP contribution in [0.25, 0.3) is 0 Å². The predicted octanol–water partition coefficient (Wildman–Crippen LogP) is 2.05. The minimum absolute atomic E-state index is 0.0930. The predicted molar refractivity (Wildman–Crippen MR) is 67.0 cm³/mol. The van der Waals surface area contributed by atoms with Crippen LogP contribution in [-0.4, -0.2) is 17.5 Å². The van der Waals surface area contributed by atoms with Crippen molar-refractivity contribution in [3.63, 3.8) is 0 Å². The molecule has 16 heavy (non-hydrogen) atoms. The summed E-state index contributed by atoms with van der Waals surface area (Å²) in [6.07, 6.45) is 3.85. The summed E-state index contributed by atoms with van der Waals surface area (Å²) in [5.74, 6) is 0.870. The van der Waals surface area contributed by atoms with Crippen LogP contribution in [0.1, 0.15) is 53.4 Å². The average molecular weight is 226 g/mol. The van der Waals surface area contributed by atoms with Crippen LogP contribution in [0, 0.1) is 11.8 Å². The van der Waals surface area contributed by atoms with Gasteiger partial charge in [-0.05, 0) is 45.4 Å². The first kappa shape index (κ1) is 13.5. The monoisotopic (exact) mass is 226 g/mol. The second-order valence-corrected chi connectivity index (χ2v) is 5.88. The lowest BCUT2D eigenvalue weighted by Gasteiger charge is -2.33. The van der Waals surface area contributed by atoms with Gasteiger partial charge in [-0.1, -0.05) is 13.8 Å². The Hall–Kier alpha value is -0.570. The van der Waals surface area contributed by atoms with E-state index in [0.29, 0.717) is 5.92 Å². The van der Waals surface area contributed by atoms with Crippen molar-refractivity contribution in [2.24, 2.45) is 17.6 Å². The molecule has 1 saturated carbocycles. The van der Waals surface area contributed by atoms with E-state index in [4.69, 9.17) is 5.73 Å². The molecule has 0 aliphatic heterocycles. The highest BCUT2D eigenvalue weighted by atomic mass is 16.2. The highest BCUT2D eigenvalue weighted by Gasteiger charge is 2.31. The summed E-state index contributed by atoms with van der Waals surface area (Å²) in [6.45, 7) is 8.40. The zero-order valence-electron chi connectivity index (χ0n) is 11.0. The van der Waals surface area contributed by atoms with Gasteiger partial charge in [-0.2, -0.15) is 0 Å². The molecule has 0 aromatic rings. The molecule has 1 aliphatic carbocycles. The summed E-state index contributed by atoms with van der Waals surface area (Å²) in [6, 6.07) is 0.189. The number of hydrogen-bond acceptors (Lipinski definition) is 2. The molecule has 0 heterocycles. The molecule has 1 rings (SSSR count). The Kier molecular flexibility index (Phi) is 4.36. The molecule has 1 aliphatic rings. The van der Waals surface area contributed by atoms with Crippen molar-refractivity contribution in [2.45, 2.75) is 65.0 Å². The van der Waals surface area contributed by atoms with E-state index in [0.717, 1.165) is 25.7 Å². The molecule has 3 N–H and O–H groups in total. The Balaban J connectivity index is 2.49. The van der Waals surface area contributed by atoms with Crippen LogP contribution in [0.15, 0.2) is 0 Å². The summed E-state index contributed by atoms with van der Waals surface area (Å²) < 4.78 is 0. The van der Waals surface area contributed by atoms with Crippen molar-refractivity contribution >= 4 is 5.91 Å². The smallest absolute Gasteiger partial charge is 0.223 e. The van der Waals surface area contributed by atoms with E-state index < -0.39 is 0 Å². The molecular weight excluding hydrogens is 200 g/mol. The molecule has 3 nitrogen and oxygen atoms in total. The summed E-state index contributed by atoms with van der Waals surface area (Å²) in [5.41, 5.74) is 5.93. The fraction of sp³-hybridized carbons (Fsp3) is 0.923.